The maximum absolute atomic E-state index is 12.9. The zero-order valence-electron chi connectivity index (χ0n) is 16.7. The van der Waals surface area contributed by atoms with Crippen LogP contribution in [0.5, 0.6) is 0 Å². The summed E-state index contributed by atoms with van der Waals surface area (Å²) in [4.78, 5) is 14.5. The molecule has 150 valence electrons. The van der Waals surface area contributed by atoms with Gasteiger partial charge in [0.05, 0.1) is 10.6 Å². The van der Waals surface area contributed by atoms with E-state index >= 15 is 0 Å². The van der Waals surface area contributed by atoms with Gasteiger partial charge in [0.1, 0.15) is 0 Å². The quantitative estimate of drug-likeness (QED) is 0.777. The molecule has 0 aliphatic carbocycles. The Hall–Kier alpha value is -2.05. The number of nitrogens with zero attached hydrogens (tertiary/aromatic N) is 1. The third-order valence-electron chi connectivity index (χ3n) is 5.04. The molecule has 1 N–H and O–H groups in total. The number of sulfonamides is 1. The summed E-state index contributed by atoms with van der Waals surface area (Å²) in [5.41, 5.74) is 2.58. The lowest BCUT2D eigenvalue weighted by Crippen LogP contribution is -2.36. The van der Waals surface area contributed by atoms with Crippen molar-refractivity contribution in [1.82, 2.24) is 0 Å². The molecule has 0 unspecified atom stereocenters. The number of carbonyl (C=O) groups is 1. The van der Waals surface area contributed by atoms with Gasteiger partial charge in [-0.25, -0.2) is 8.42 Å². The van der Waals surface area contributed by atoms with Crippen LogP contribution in [0.2, 0.25) is 5.02 Å². The van der Waals surface area contributed by atoms with E-state index in [1.165, 1.54) is 0 Å². The molecule has 28 heavy (non-hydrogen) atoms. The minimum Gasteiger partial charge on any atom is -0.311 e. The van der Waals surface area contributed by atoms with Crippen molar-refractivity contribution >= 4 is 38.9 Å². The average molecular weight is 421 g/mol. The van der Waals surface area contributed by atoms with Crippen LogP contribution in [-0.2, 0) is 20.2 Å². The number of hydrogen-bond donors (Lipinski definition) is 1. The minimum atomic E-state index is -3.78. The van der Waals surface area contributed by atoms with Crippen LogP contribution >= 0.6 is 11.6 Å². The highest BCUT2D eigenvalue weighted by Gasteiger charge is 2.39. The first-order valence-electron chi connectivity index (χ1n) is 9.17. The Balaban J connectivity index is 1.98. The average Bonchev–Trinajstić information content (AvgIpc) is 2.88. The molecule has 0 saturated carbocycles. The second-order valence-corrected chi connectivity index (χ2v) is 10.3. The molecule has 1 aliphatic heterocycles. The van der Waals surface area contributed by atoms with Gasteiger partial charge >= 0.3 is 0 Å². The molecule has 0 saturated heterocycles. The van der Waals surface area contributed by atoms with Gasteiger partial charge in [0.25, 0.3) is 10.0 Å². The molecule has 3 rings (SSSR count). The lowest BCUT2D eigenvalue weighted by Gasteiger charge is -2.22. The molecular weight excluding hydrogens is 396 g/mol. The summed E-state index contributed by atoms with van der Waals surface area (Å²) in [5, 5.41) is 0.498. The molecule has 0 atom stereocenters. The summed E-state index contributed by atoms with van der Waals surface area (Å²) >= 11 is 6.10. The lowest BCUT2D eigenvalue weighted by atomic mass is 9.87. The first-order valence-corrected chi connectivity index (χ1v) is 11.0. The first kappa shape index (κ1) is 20.7. The standard InChI is InChI=1S/C21H25ClN2O3S/c1-13(2)20(25)24-12-21(4,5)17-11-16(8-9-19(17)24)28(26,27)23-15-7-6-14(3)18(22)10-15/h6-11,13,23H,12H2,1-5H3. The van der Waals surface area contributed by atoms with Crippen LogP contribution in [0.3, 0.4) is 0 Å². The molecule has 0 spiro atoms. The Kier molecular flexibility index (Phi) is 5.23. The highest BCUT2D eigenvalue weighted by atomic mass is 35.5. The monoisotopic (exact) mass is 420 g/mol. The fourth-order valence-electron chi connectivity index (χ4n) is 3.40. The molecule has 0 aromatic heterocycles. The van der Waals surface area contributed by atoms with E-state index in [0.29, 0.717) is 17.3 Å². The number of benzene rings is 2. The number of fused-ring (bicyclic) bond motifs is 1. The van der Waals surface area contributed by atoms with Crippen molar-refractivity contribution in [2.75, 3.05) is 16.2 Å². The molecule has 2 aromatic rings. The molecule has 5 nitrogen and oxygen atoms in total. The smallest absolute Gasteiger partial charge is 0.261 e. The second-order valence-electron chi connectivity index (χ2n) is 8.21. The van der Waals surface area contributed by atoms with Crippen LogP contribution in [0.25, 0.3) is 0 Å². The minimum absolute atomic E-state index is 0.0369. The zero-order chi connectivity index (χ0) is 20.9. The van der Waals surface area contributed by atoms with Gasteiger partial charge in [-0.2, -0.15) is 0 Å². The number of rotatable bonds is 4. The fraction of sp³-hybridized carbons (Fsp3) is 0.381. The summed E-state index contributed by atoms with van der Waals surface area (Å²) in [6, 6.07) is 9.97. The third-order valence-corrected chi connectivity index (χ3v) is 6.82. The van der Waals surface area contributed by atoms with Crippen molar-refractivity contribution in [1.29, 1.82) is 0 Å². The van der Waals surface area contributed by atoms with Crippen molar-refractivity contribution in [2.24, 2.45) is 5.92 Å². The summed E-state index contributed by atoms with van der Waals surface area (Å²) in [5.74, 6) is -0.0898. The van der Waals surface area contributed by atoms with E-state index in [4.69, 9.17) is 11.6 Å². The van der Waals surface area contributed by atoms with Crippen LogP contribution in [0.15, 0.2) is 41.3 Å². The Morgan fingerprint density at radius 1 is 1.18 bits per heavy atom. The molecule has 1 amide bonds. The van der Waals surface area contributed by atoms with E-state index in [9.17, 15) is 13.2 Å². The number of carbonyl (C=O) groups excluding carboxylic acids is 1. The molecule has 0 radical (unpaired) electrons. The zero-order valence-corrected chi connectivity index (χ0v) is 18.3. The maximum Gasteiger partial charge on any atom is 0.261 e. The Morgan fingerprint density at radius 3 is 2.46 bits per heavy atom. The van der Waals surface area contributed by atoms with Crippen LogP contribution in [-0.4, -0.2) is 20.9 Å². The topological polar surface area (TPSA) is 66.5 Å². The Labute approximate surface area is 171 Å². The van der Waals surface area contributed by atoms with Gasteiger partial charge in [-0.05, 0) is 48.4 Å². The van der Waals surface area contributed by atoms with Gasteiger partial charge in [0, 0.05) is 28.6 Å². The van der Waals surface area contributed by atoms with Crippen LogP contribution < -0.4 is 9.62 Å². The number of amides is 1. The molecule has 0 fully saturated rings. The predicted molar refractivity (Wildman–Crippen MR) is 114 cm³/mol. The Bertz CT molecular complexity index is 1050. The van der Waals surface area contributed by atoms with Gasteiger partial charge in [-0.3, -0.25) is 9.52 Å². The number of anilines is 2. The molecule has 0 bridgehead atoms. The van der Waals surface area contributed by atoms with Gasteiger partial charge in [-0.15, -0.1) is 0 Å². The van der Waals surface area contributed by atoms with Crippen molar-refractivity contribution in [3.63, 3.8) is 0 Å². The van der Waals surface area contributed by atoms with Crippen LogP contribution in [0.4, 0.5) is 11.4 Å². The van der Waals surface area contributed by atoms with E-state index in [2.05, 4.69) is 4.72 Å². The van der Waals surface area contributed by atoms with Gasteiger partial charge in [0.15, 0.2) is 0 Å². The van der Waals surface area contributed by atoms with E-state index in [0.717, 1.165) is 16.8 Å². The number of halogens is 1. The molecular formula is C21H25ClN2O3S. The van der Waals surface area contributed by atoms with E-state index in [1.807, 2.05) is 34.6 Å². The summed E-state index contributed by atoms with van der Waals surface area (Å²) in [6.07, 6.45) is 0. The number of aryl methyl sites for hydroxylation is 1. The summed E-state index contributed by atoms with van der Waals surface area (Å²) in [7, 11) is -3.78. The van der Waals surface area contributed by atoms with E-state index in [1.54, 1.807) is 41.3 Å². The van der Waals surface area contributed by atoms with Gasteiger partial charge < -0.3 is 4.90 Å². The maximum atomic E-state index is 12.9. The second kappa shape index (κ2) is 7.08. The van der Waals surface area contributed by atoms with Crippen LogP contribution in [0.1, 0.15) is 38.8 Å². The number of nitrogens with one attached hydrogen (secondary N) is 1. The normalized spacial score (nSPS) is 15.6. The van der Waals surface area contributed by atoms with E-state index in [-0.39, 0.29) is 22.1 Å². The van der Waals surface area contributed by atoms with E-state index < -0.39 is 10.0 Å². The molecule has 1 heterocycles. The largest absolute Gasteiger partial charge is 0.311 e. The number of hydrogen-bond acceptors (Lipinski definition) is 3. The summed E-state index contributed by atoms with van der Waals surface area (Å²) < 4.78 is 28.4. The molecule has 2 aromatic carbocycles. The SMILES string of the molecule is Cc1ccc(NS(=O)(=O)c2ccc3c(c2)C(C)(C)CN3C(=O)C(C)C)cc1Cl. The first-order chi connectivity index (χ1) is 12.9. The van der Waals surface area contributed by atoms with Gasteiger partial charge in [-0.1, -0.05) is 45.4 Å². The molecule has 1 aliphatic rings. The third kappa shape index (κ3) is 3.76. The predicted octanol–water partition coefficient (Wildman–Crippen LogP) is 4.73. The molecule has 7 heteroatoms. The fourth-order valence-corrected chi connectivity index (χ4v) is 4.66. The highest BCUT2D eigenvalue weighted by molar-refractivity contribution is 7.92. The summed E-state index contributed by atoms with van der Waals surface area (Å²) in [6.45, 7) is 10.1. The van der Waals surface area contributed by atoms with Crippen molar-refractivity contribution in [3.05, 3.63) is 52.5 Å². The van der Waals surface area contributed by atoms with Crippen LogP contribution in [0, 0.1) is 12.8 Å². The Morgan fingerprint density at radius 2 is 1.86 bits per heavy atom. The van der Waals surface area contributed by atoms with Crippen molar-refractivity contribution in [3.8, 4) is 0 Å². The lowest BCUT2D eigenvalue weighted by molar-refractivity contribution is -0.121. The van der Waals surface area contributed by atoms with Crippen molar-refractivity contribution < 1.29 is 13.2 Å². The van der Waals surface area contributed by atoms with Gasteiger partial charge in [0.2, 0.25) is 5.91 Å². The highest BCUT2D eigenvalue weighted by Crippen LogP contribution is 2.42. The van der Waals surface area contributed by atoms with Crippen molar-refractivity contribution in [2.45, 2.75) is 44.9 Å².